The third-order valence-corrected chi connectivity index (χ3v) is 5.31. The zero-order chi connectivity index (χ0) is 14.9. The van der Waals surface area contributed by atoms with Crippen LogP contribution in [0.3, 0.4) is 0 Å². The van der Waals surface area contributed by atoms with E-state index in [4.69, 9.17) is 10.5 Å². The lowest BCUT2D eigenvalue weighted by atomic mass is 10.2. The van der Waals surface area contributed by atoms with Crippen LogP contribution in [-0.4, -0.2) is 49.7 Å². The van der Waals surface area contributed by atoms with Gasteiger partial charge in [-0.1, -0.05) is 0 Å². The monoisotopic (exact) mass is 300 g/mol. The van der Waals surface area contributed by atoms with Crippen molar-refractivity contribution in [1.82, 2.24) is 4.31 Å². The highest BCUT2D eigenvalue weighted by Gasteiger charge is 2.34. The van der Waals surface area contributed by atoms with Crippen LogP contribution in [0.5, 0.6) is 0 Å². The van der Waals surface area contributed by atoms with Crippen LogP contribution in [0.2, 0.25) is 0 Å². The number of ether oxygens (including phenoxy) is 1. The third kappa shape index (κ3) is 2.95. The summed E-state index contributed by atoms with van der Waals surface area (Å²) in [5.41, 5.74) is 6.80. The van der Waals surface area contributed by atoms with Gasteiger partial charge in [0.05, 0.1) is 23.7 Å². The summed E-state index contributed by atoms with van der Waals surface area (Å²) < 4.78 is 32.2. The maximum absolute atomic E-state index is 12.7. The van der Waals surface area contributed by atoms with E-state index in [0.29, 0.717) is 11.3 Å². The Morgan fingerprint density at radius 2 is 2.15 bits per heavy atom. The molecule has 0 aromatic heterocycles. The van der Waals surface area contributed by atoms with Crippen molar-refractivity contribution in [2.75, 3.05) is 25.4 Å². The summed E-state index contributed by atoms with van der Waals surface area (Å²) in [5.74, 6) is 0. The number of hydrogen-bond donors (Lipinski definition) is 2. The highest BCUT2D eigenvalue weighted by atomic mass is 32.2. The minimum absolute atomic E-state index is 0.160. The molecular weight excluding hydrogens is 280 g/mol. The highest BCUT2D eigenvalue weighted by Crippen LogP contribution is 2.24. The number of aliphatic hydroxyl groups is 1. The van der Waals surface area contributed by atoms with E-state index < -0.39 is 16.1 Å². The first-order chi connectivity index (χ1) is 9.34. The Morgan fingerprint density at radius 3 is 2.75 bits per heavy atom. The van der Waals surface area contributed by atoms with Crippen molar-refractivity contribution in [2.45, 2.75) is 31.0 Å². The molecule has 1 aliphatic rings. The topological polar surface area (TPSA) is 92.9 Å². The number of rotatable bonds is 3. The smallest absolute Gasteiger partial charge is 0.243 e. The Bertz CT molecular complexity index is 588. The van der Waals surface area contributed by atoms with E-state index in [1.54, 1.807) is 26.0 Å². The van der Waals surface area contributed by atoms with E-state index in [9.17, 15) is 13.5 Å². The molecule has 0 aliphatic carbocycles. The Kier molecular flexibility index (Phi) is 4.33. The fourth-order valence-corrected chi connectivity index (χ4v) is 4.15. The third-order valence-electron chi connectivity index (χ3n) is 3.31. The molecule has 2 rings (SSSR count). The zero-order valence-electron chi connectivity index (χ0n) is 11.6. The van der Waals surface area contributed by atoms with Gasteiger partial charge in [0.15, 0.2) is 0 Å². The molecule has 1 saturated heterocycles. The van der Waals surface area contributed by atoms with Crippen molar-refractivity contribution >= 4 is 15.7 Å². The van der Waals surface area contributed by atoms with Crippen LogP contribution in [-0.2, 0) is 14.8 Å². The SMILES string of the molecule is Cc1cc(N)ccc1S(=O)(=O)N1CC(C)OC(CO)C1. The van der Waals surface area contributed by atoms with E-state index in [0.717, 1.165) is 0 Å². The molecular formula is C13H20N2O4S. The minimum Gasteiger partial charge on any atom is -0.399 e. The summed E-state index contributed by atoms with van der Waals surface area (Å²) >= 11 is 0. The second kappa shape index (κ2) is 5.69. The number of nitrogen functional groups attached to an aromatic ring is 1. The predicted octanol–water partition coefficient (Wildman–Crippen LogP) is 0.348. The van der Waals surface area contributed by atoms with Gasteiger partial charge in [0.1, 0.15) is 0 Å². The fourth-order valence-electron chi connectivity index (χ4n) is 2.40. The van der Waals surface area contributed by atoms with Crippen molar-refractivity contribution < 1.29 is 18.3 Å². The summed E-state index contributed by atoms with van der Waals surface area (Å²) in [6, 6.07) is 4.74. The number of aryl methyl sites for hydroxylation is 1. The molecule has 0 bridgehead atoms. The van der Waals surface area contributed by atoms with E-state index in [-0.39, 0.29) is 30.7 Å². The van der Waals surface area contributed by atoms with Gasteiger partial charge in [-0.3, -0.25) is 0 Å². The van der Waals surface area contributed by atoms with Crippen molar-refractivity contribution in [3.63, 3.8) is 0 Å². The molecule has 0 saturated carbocycles. The second-order valence-electron chi connectivity index (χ2n) is 5.10. The summed E-state index contributed by atoms with van der Waals surface area (Å²) in [6.45, 7) is 3.75. The molecule has 0 spiro atoms. The van der Waals surface area contributed by atoms with Crippen LogP contribution in [0.15, 0.2) is 23.1 Å². The van der Waals surface area contributed by atoms with Gasteiger partial charge < -0.3 is 15.6 Å². The summed E-state index contributed by atoms with van der Waals surface area (Å²) in [4.78, 5) is 0.248. The first-order valence-electron chi connectivity index (χ1n) is 6.47. The first-order valence-corrected chi connectivity index (χ1v) is 7.91. The number of morpholine rings is 1. The summed E-state index contributed by atoms with van der Waals surface area (Å²) in [5, 5.41) is 9.19. The predicted molar refractivity (Wildman–Crippen MR) is 75.8 cm³/mol. The van der Waals surface area contributed by atoms with E-state index in [1.807, 2.05) is 0 Å². The molecule has 0 radical (unpaired) electrons. The van der Waals surface area contributed by atoms with Crippen molar-refractivity contribution in [2.24, 2.45) is 0 Å². The quantitative estimate of drug-likeness (QED) is 0.786. The lowest BCUT2D eigenvalue weighted by Gasteiger charge is -2.35. The maximum atomic E-state index is 12.7. The van der Waals surface area contributed by atoms with Crippen LogP contribution in [0.25, 0.3) is 0 Å². The molecule has 3 N–H and O–H groups in total. The van der Waals surface area contributed by atoms with Crippen LogP contribution in [0.4, 0.5) is 5.69 Å². The van der Waals surface area contributed by atoms with E-state index >= 15 is 0 Å². The Hall–Kier alpha value is -1.15. The van der Waals surface area contributed by atoms with E-state index in [2.05, 4.69) is 0 Å². The molecule has 1 heterocycles. The molecule has 7 heteroatoms. The Labute approximate surface area is 119 Å². The molecule has 20 heavy (non-hydrogen) atoms. The molecule has 1 aliphatic heterocycles. The number of nitrogens with two attached hydrogens (primary N) is 1. The maximum Gasteiger partial charge on any atom is 0.243 e. The minimum atomic E-state index is -3.60. The van der Waals surface area contributed by atoms with Gasteiger partial charge in [0.25, 0.3) is 0 Å². The normalized spacial score (nSPS) is 24.8. The van der Waals surface area contributed by atoms with Gasteiger partial charge in [-0.05, 0) is 37.6 Å². The van der Waals surface area contributed by atoms with Crippen LogP contribution >= 0.6 is 0 Å². The number of nitrogens with zero attached hydrogens (tertiary/aromatic N) is 1. The average Bonchev–Trinajstić information content (AvgIpc) is 2.37. The first kappa shape index (κ1) is 15.2. The number of benzene rings is 1. The molecule has 112 valence electrons. The van der Waals surface area contributed by atoms with Gasteiger partial charge in [-0.15, -0.1) is 0 Å². The van der Waals surface area contributed by atoms with Crippen LogP contribution in [0, 0.1) is 6.92 Å². The molecule has 1 aromatic rings. The molecule has 1 fully saturated rings. The lowest BCUT2D eigenvalue weighted by Crippen LogP contribution is -2.50. The molecule has 1 aromatic carbocycles. The van der Waals surface area contributed by atoms with Crippen molar-refractivity contribution in [1.29, 1.82) is 0 Å². The lowest BCUT2D eigenvalue weighted by molar-refractivity contribution is -0.0750. The average molecular weight is 300 g/mol. The second-order valence-corrected chi connectivity index (χ2v) is 7.00. The fraction of sp³-hybridized carbons (Fsp3) is 0.538. The Balaban J connectivity index is 2.34. The van der Waals surface area contributed by atoms with Crippen molar-refractivity contribution in [3.8, 4) is 0 Å². The molecule has 6 nitrogen and oxygen atoms in total. The van der Waals surface area contributed by atoms with Gasteiger partial charge >= 0.3 is 0 Å². The molecule has 0 amide bonds. The van der Waals surface area contributed by atoms with E-state index in [1.165, 1.54) is 10.4 Å². The summed E-state index contributed by atoms with van der Waals surface area (Å²) in [6.07, 6.45) is -0.729. The summed E-state index contributed by atoms with van der Waals surface area (Å²) in [7, 11) is -3.60. The van der Waals surface area contributed by atoms with Gasteiger partial charge in [0.2, 0.25) is 10.0 Å². The number of aliphatic hydroxyl groups excluding tert-OH is 1. The van der Waals surface area contributed by atoms with Crippen molar-refractivity contribution in [3.05, 3.63) is 23.8 Å². The molecule has 2 unspecified atom stereocenters. The number of hydrogen-bond acceptors (Lipinski definition) is 5. The Morgan fingerprint density at radius 1 is 1.45 bits per heavy atom. The van der Waals surface area contributed by atoms with Gasteiger partial charge in [-0.25, -0.2) is 8.42 Å². The van der Waals surface area contributed by atoms with Gasteiger partial charge in [0, 0.05) is 18.8 Å². The standard InChI is InChI=1S/C13H20N2O4S/c1-9-5-11(14)3-4-13(9)20(17,18)15-6-10(2)19-12(7-15)8-16/h3-5,10,12,16H,6-8,14H2,1-2H3. The zero-order valence-corrected chi connectivity index (χ0v) is 12.4. The largest absolute Gasteiger partial charge is 0.399 e. The van der Waals surface area contributed by atoms with Crippen LogP contribution in [0.1, 0.15) is 12.5 Å². The number of anilines is 1. The molecule has 2 atom stereocenters. The highest BCUT2D eigenvalue weighted by molar-refractivity contribution is 7.89. The number of sulfonamides is 1. The van der Waals surface area contributed by atoms with Gasteiger partial charge in [-0.2, -0.15) is 4.31 Å². The van der Waals surface area contributed by atoms with Crippen LogP contribution < -0.4 is 5.73 Å².